The van der Waals surface area contributed by atoms with Crippen LogP contribution in [0.25, 0.3) is 0 Å². The summed E-state index contributed by atoms with van der Waals surface area (Å²) in [4.78, 5) is 70.4. The summed E-state index contributed by atoms with van der Waals surface area (Å²) in [5.74, 6) is -1.95. The van der Waals surface area contributed by atoms with Crippen LogP contribution in [0.3, 0.4) is 0 Å². The Morgan fingerprint density at radius 1 is 0.774 bits per heavy atom. The highest BCUT2D eigenvalue weighted by molar-refractivity contribution is 5.99. The van der Waals surface area contributed by atoms with Crippen LogP contribution in [0.5, 0.6) is 5.75 Å². The number of nitrogens with zero attached hydrogens (tertiary/aromatic N) is 1. The number of ketones is 1. The van der Waals surface area contributed by atoms with Gasteiger partial charge >= 0.3 is 5.97 Å². The third-order valence-corrected chi connectivity index (χ3v) is 9.11. The molecule has 1 heterocycles. The first kappa shape index (κ1) is 40.7. The zero-order valence-electron chi connectivity index (χ0n) is 31.7. The molecule has 0 unspecified atom stereocenters. The second-order valence-corrected chi connectivity index (χ2v) is 14.9. The molecule has 3 aromatic carbocycles. The summed E-state index contributed by atoms with van der Waals surface area (Å²) < 4.78 is 10.9. The number of Topliss-reactive ketones (excluding diaryl/α,β-unsaturated/α-hetero) is 1. The summed E-state index contributed by atoms with van der Waals surface area (Å²) in [5, 5.41) is 8.69. The molecule has 1 fully saturated rings. The van der Waals surface area contributed by atoms with E-state index in [-0.39, 0.29) is 37.0 Å². The largest absolute Gasteiger partial charge is 0.497 e. The van der Waals surface area contributed by atoms with Crippen LogP contribution in [0, 0.1) is 5.92 Å². The molecule has 3 aromatic rings. The number of esters is 1. The van der Waals surface area contributed by atoms with Crippen LogP contribution < -0.4 is 20.7 Å². The first-order valence-corrected chi connectivity index (χ1v) is 18.4. The van der Waals surface area contributed by atoms with Gasteiger partial charge in [0.25, 0.3) is 0 Å². The van der Waals surface area contributed by atoms with Crippen LogP contribution in [0.15, 0.2) is 84.9 Å². The molecule has 0 aromatic heterocycles. The lowest BCUT2D eigenvalue weighted by molar-refractivity contribution is -0.158. The molecule has 3 N–H and O–H groups in total. The van der Waals surface area contributed by atoms with Gasteiger partial charge in [-0.05, 0) is 69.3 Å². The Kier molecular flexibility index (Phi) is 14.7. The molecule has 0 radical (unpaired) electrons. The summed E-state index contributed by atoms with van der Waals surface area (Å²) in [6.45, 7) is 9.47. The lowest BCUT2D eigenvalue weighted by Crippen LogP contribution is -2.60. The molecule has 284 valence electrons. The van der Waals surface area contributed by atoms with Gasteiger partial charge in [-0.2, -0.15) is 0 Å². The minimum absolute atomic E-state index is 0.0399. The molecule has 1 saturated heterocycles. The fourth-order valence-electron chi connectivity index (χ4n) is 6.34. The number of hydrogen-bond donors (Lipinski definition) is 3. The molecule has 0 spiro atoms. The number of methoxy groups -OCH3 is 1. The van der Waals surface area contributed by atoms with Gasteiger partial charge in [-0.25, -0.2) is 4.79 Å². The van der Waals surface area contributed by atoms with E-state index in [0.717, 1.165) is 24.0 Å². The molecular formula is C42H54N4O7. The number of nitrogens with one attached hydrogen (secondary N) is 3. The van der Waals surface area contributed by atoms with E-state index in [1.54, 1.807) is 66.0 Å². The highest BCUT2D eigenvalue weighted by Gasteiger charge is 2.36. The standard InChI is InChI=1S/C42H54N4O7/c1-28(2)37(40(50)44-34(41(51)53-42(3,4)5)25-30-18-11-8-12-19-30)45-38(48)33(24-29-16-9-7-10-17-29)43-39(49)35-22-13-14-23-46(35)27-36(47)31-20-15-21-32(26-31)52-6/h7-12,15-21,26,28,33-35,37H,13-14,22-25,27H2,1-6H3,(H,43,49)(H,44,50)(H,45,48)/t33-,34-,35-,37-/m0/s1. The first-order chi connectivity index (χ1) is 25.2. The zero-order chi connectivity index (χ0) is 38.5. The highest BCUT2D eigenvalue weighted by Crippen LogP contribution is 2.20. The molecule has 4 rings (SSSR count). The molecule has 3 amide bonds. The average molecular weight is 727 g/mol. The molecule has 4 atom stereocenters. The molecular weight excluding hydrogens is 672 g/mol. The predicted octanol–water partition coefficient (Wildman–Crippen LogP) is 4.67. The summed E-state index contributed by atoms with van der Waals surface area (Å²) in [7, 11) is 1.54. The number of ether oxygens (including phenoxy) is 2. The van der Waals surface area contributed by atoms with E-state index in [0.29, 0.717) is 24.3 Å². The van der Waals surface area contributed by atoms with Crippen molar-refractivity contribution in [2.45, 2.75) is 96.5 Å². The van der Waals surface area contributed by atoms with E-state index in [9.17, 15) is 24.0 Å². The number of carbonyl (C=O) groups is 5. The third-order valence-electron chi connectivity index (χ3n) is 9.11. The average Bonchev–Trinajstić information content (AvgIpc) is 3.13. The van der Waals surface area contributed by atoms with Gasteiger partial charge in [0.2, 0.25) is 17.7 Å². The van der Waals surface area contributed by atoms with Gasteiger partial charge in [0.1, 0.15) is 29.5 Å². The van der Waals surface area contributed by atoms with Crippen molar-refractivity contribution in [1.82, 2.24) is 20.9 Å². The maximum atomic E-state index is 14.1. The third kappa shape index (κ3) is 12.6. The van der Waals surface area contributed by atoms with Gasteiger partial charge in [0.15, 0.2) is 5.78 Å². The van der Waals surface area contributed by atoms with E-state index in [1.165, 1.54) is 0 Å². The Balaban J connectivity index is 1.52. The fourth-order valence-corrected chi connectivity index (χ4v) is 6.34. The van der Waals surface area contributed by atoms with Crippen molar-refractivity contribution >= 4 is 29.5 Å². The topological polar surface area (TPSA) is 143 Å². The predicted molar refractivity (Wildman–Crippen MR) is 203 cm³/mol. The van der Waals surface area contributed by atoms with E-state index in [4.69, 9.17) is 9.47 Å². The Bertz CT molecular complexity index is 1690. The van der Waals surface area contributed by atoms with E-state index in [2.05, 4.69) is 16.0 Å². The summed E-state index contributed by atoms with van der Waals surface area (Å²) in [5.41, 5.74) is 1.37. The lowest BCUT2D eigenvalue weighted by Gasteiger charge is -2.35. The Hall–Kier alpha value is -5.03. The van der Waals surface area contributed by atoms with Crippen LogP contribution in [-0.4, -0.2) is 84.3 Å². The SMILES string of the molecule is COc1cccc(C(=O)CN2CCCC[C@H]2C(=O)N[C@@H](Cc2ccccc2)C(=O)N[C@H](C(=O)N[C@@H](Cc2ccccc2)C(=O)OC(C)(C)C)C(C)C)c1. The molecule has 1 aliphatic heterocycles. The molecule has 11 nitrogen and oxygen atoms in total. The van der Waals surface area contributed by atoms with Crippen LogP contribution in [0.2, 0.25) is 0 Å². The summed E-state index contributed by atoms with van der Waals surface area (Å²) in [6, 6.07) is 21.9. The number of carbonyl (C=O) groups excluding carboxylic acids is 5. The molecule has 0 aliphatic carbocycles. The normalized spacial score (nSPS) is 16.5. The molecule has 53 heavy (non-hydrogen) atoms. The number of likely N-dealkylation sites (tertiary alicyclic amines) is 1. The quantitative estimate of drug-likeness (QED) is 0.143. The molecule has 11 heteroatoms. The summed E-state index contributed by atoms with van der Waals surface area (Å²) >= 11 is 0. The Morgan fingerprint density at radius 3 is 1.98 bits per heavy atom. The maximum Gasteiger partial charge on any atom is 0.329 e. The first-order valence-electron chi connectivity index (χ1n) is 18.4. The fraction of sp³-hybridized carbons (Fsp3) is 0.452. The monoisotopic (exact) mass is 726 g/mol. The lowest BCUT2D eigenvalue weighted by atomic mass is 9.98. The summed E-state index contributed by atoms with van der Waals surface area (Å²) in [6.07, 6.45) is 2.54. The Labute approximate surface area is 313 Å². The highest BCUT2D eigenvalue weighted by atomic mass is 16.6. The van der Waals surface area contributed by atoms with Crippen molar-refractivity contribution in [3.05, 3.63) is 102 Å². The zero-order valence-corrected chi connectivity index (χ0v) is 31.7. The Morgan fingerprint density at radius 2 is 1.40 bits per heavy atom. The molecule has 1 aliphatic rings. The van der Waals surface area contributed by atoms with Crippen molar-refractivity contribution in [1.29, 1.82) is 0 Å². The van der Waals surface area contributed by atoms with Crippen molar-refractivity contribution in [3.63, 3.8) is 0 Å². The van der Waals surface area contributed by atoms with Crippen molar-refractivity contribution in [2.24, 2.45) is 5.92 Å². The van der Waals surface area contributed by atoms with Gasteiger partial charge in [-0.3, -0.25) is 24.1 Å². The van der Waals surface area contributed by atoms with E-state index < -0.39 is 47.6 Å². The van der Waals surface area contributed by atoms with Crippen LogP contribution in [-0.2, 0) is 36.8 Å². The van der Waals surface area contributed by atoms with Crippen molar-refractivity contribution in [3.8, 4) is 5.75 Å². The van der Waals surface area contributed by atoms with Gasteiger partial charge in [-0.15, -0.1) is 0 Å². The van der Waals surface area contributed by atoms with Crippen LogP contribution >= 0.6 is 0 Å². The van der Waals surface area contributed by atoms with Gasteiger partial charge in [0, 0.05) is 18.4 Å². The van der Waals surface area contributed by atoms with Gasteiger partial charge in [0.05, 0.1) is 19.7 Å². The van der Waals surface area contributed by atoms with Gasteiger partial charge < -0.3 is 25.4 Å². The van der Waals surface area contributed by atoms with Gasteiger partial charge in [-0.1, -0.05) is 93.1 Å². The number of amides is 3. The number of hydrogen-bond acceptors (Lipinski definition) is 8. The van der Waals surface area contributed by atoms with Crippen LogP contribution in [0.1, 0.15) is 75.4 Å². The smallest absolute Gasteiger partial charge is 0.329 e. The second kappa shape index (κ2) is 19.2. The molecule has 0 saturated carbocycles. The molecule has 0 bridgehead atoms. The number of benzene rings is 3. The van der Waals surface area contributed by atoms with E-state index >= 15 is 0 Å². The minimum Gasteiger partial charge on any atom is -0.497 e. The maximum absolute atomic E-state index is 14.1. The van der Waals surface area contributed by atoms with Crippen LogP contribution in [0.4, 0.5) is 0 Å². The number of rotatable bonds is 16. The van der Waals surface area contributed by atoms with Crippen molar-refractivity contribution in [2.75, 3.05) is 20.2 Å². The minimum atomic E-state index is -1.03. The second-order valence-electron chi connectivity index (χ2n) is 14.9. The van der Waals surface area contributed by atoms with Crippen molar-refractivity contribution < 1.29 is 33.4 Å². The van der Waals surface area contributed by atoms with E-state index in [1.807, 2.05) is 65.6 Å². The number of piperidine rings is 1.